The Balaban J connectivity index is 2.26. The summed E-state index contributed by atoms with van der Waals surface area (Å²) in [5.74, 6) is 0.815. The summed E-state index contributed by atoms with van der Waals surface area (Å²) >= 11 is 0. The van der Waals surface area contributed by atoms with Crippen LogP contribution in [0.3, 0.4) is 0 Å². The third-order valence-electron chi connectivity index (χ3n) is 6.22. The van der Waals surface area contributed by atoms with Gasteiger partial charge in [0.1, 0.15) is 0 Å². The third-order valence-corrected chi connectivity index (χ3v) is 6.22. The van der Waals surface area contributed by atoms with E-state index in [9.17, 15) is 0 Å². The summed E-state index contributed by atoms with van der Waals surface area (Å²) in [6, 6.07) is 0.848. The van der Waals surface area contributed by atoms with Crippen LogP contribution >= 0.6 is 0 Å². The highest BCUT2D eigenvalue weighted by atomic mass is 15.2. The minimum atomic E-state index is 0.815. The summed E-state index contributed by atoms with van der Waals surface area (Å²) in [7, 11) is 2.39. The molecule has 3 atom stereocenters. The molecule has 0 saturated heterocycles. The predicted molar refractivity (Wildman–Crippen MR) is 136 cm³/mol. The summed E-state index contributed by atoms with van der Waals surface area (Å²) in [6.07, 6.45) is 22.0. The van der Waals surface area contributed by atoms with Crippen molar-refractivity contribution in [2.24, 2.45) is 5.92 Å². The molecule has 0 spiro atoms. The van der Waals surface area contributed by atoms with Crippen LogP contribution < -0.4 is 4.90 Å². The summed E-state index contributed by atoms with van der Waals surface area (Å²) < 4.78 is 0. The molecule has 1 N–H and O–H groups in total. The van der Waals surface area contributed by atoms with Gasteiger partial charge in [-0.05, 0) is 87.0 Å². The molecule has 30 heavy (non-hydrogen) atoms. The Bertz CT molecular complexity index is 648. The van der Waals surface area contributed by atoms with E-state index in [1.54, 1.807) is 16.0 Å². The maximum absolute atomic E-state index is 2.57. The molecule has 1 rings (SSSR count). The fourth-order valence-corrected chi connectivity index (χ4v) is 4.07. The average Bonchev–Trinajstić information content (AvgIpc) is 3.40. The minimum Gasteiger partial charge on any atom is -0.334 e. The predicted octanol–water partition coefficient (Wildman–Crippen LogP) is 7.39. The second kappa shape index (κ2) is 14.6. The van der Waals surface area contributed by atoms with Gasteiger partial charge in [0.05, 0.1) is 19.6 Å². The zero-order valence-corrected chi connectivity index (χ0v) is 21.4. The number of hydrogen-bond donors (Lipinski definition) is 1. The first kappa shape index (κ1) is 26.7. The zero-order chi connectivity index (χ0) is 22.5. The highest BCUT2D eigenvalue weighted by molar-refractivity contribution is 5.11. The van der Waals surface area contributed by atoms with E-state index in [0.29, 0.717) is 0 Å². The van der Waals surface area contributed by atoms with Gasteiger partial charge in [-0.1, -0.05) is 58.2 Å². The van der Waals surface area contributed by atoms with Crippen LogP contribution in [-0.4, -0.2) is 19.6 Å². The van der Waals surface area contributed by atoms with Crippen molar-refractivity contribution < 1.29 is 4.90 Å². The van der Waals surface area contributed by atoms with E-state index in [1.165, 1.54) is 74.6 Å². The first-order valence-electron chi connectivity index (χ1n) is 12.3. The Morgan fingerprint density at radius 2 is 1.13 bits per heavy atom. The molecule has 0 amide bonds. The minimum absolute atomic E-state index is 0.815. The standard InChI is InChI=1S/C29H49N/c1-23(2)13-9-15-25(5)17-11-18-27(7)21-28-22-29(28)30(8)20-12-19-26(6)16-10-14-24(3)4/h13-14,17,19,21,28-29H,9-12,15-16,18,20,22H2,1-8H3/p+1/b25-17+,26-19+,27-21+. The fourth-order valence-electron chi connectivity index (χ4n) is 4.07. The maximum atomic E-state index is 2.57. The average molecular weight is 413 g/mol. The zero-order valence-electron chi connectivity index (χ0n) is 21.4. The van der Waals surface area contributed by atoms with Crippen LogP contribution in [0.1, 0.15) is 99.8 Å². The van der Waals surface area contributed by atoms with Gasteiger partial charge >= 0.3 is 0 Å². The Hall–Kier alpha value is -1.34. The van der Waals surface area contributed by atoms with Gasteiger partial charge in [0.25, 0.3) is 0 Å². The van der Waals surface area contributed by atoms with Crippen LogP contribution in [0.4, 0.5) is 0 Å². The highest BCUT2D eigenvalue weighted by Gasteiger charge is 2.42. The lowest BCUT2D eigenvalue weighted by Crippen LogP contribution is -3.10. The number of nitrogens with one attached hydrogen (secondary N) is 1. The first-order chi connectivity index (χ1) is 14.2. The maximum Gasteiger partial charge on any atom is 0.0946 e. The van der Waals surface area contributed by atoms with E-state index < -0.39 is 0 Å². The largest absolute Gasteiger partial charge is 0.334 e. The van der Waals surface area contributed by atoms with E-state index in [-0.39, 0.29) is 0 Å². The quantitative estimate of drug-likeness (QED) is 0.284. The molecular weight excluding hydrogens is 362 g/mol. The van der Waals surface area contributed by atoms with Crippen LogP contribution in [0.15, 0.2) is 58.2 Å². The molecule has 1 nitrogen and oxygen atoms in total. The van der Waals surface area contributed by atoms with Crippen LogP contribution in [0.2, 0.25) is 0 Å². The molecule has 1 aliphatic rings. The number of quaternary nitrogens is 1. The van der Waals surface area contributed by atoms with Crippen molar-refractivity contribution >= 4 is 0 Å². The summed E-state index contributed by atoms with van der Waals surface area (Å²) in [4.78, 5) is 1.72. The van der Waals surface area contributed by atoms with Gasteiger partial charge in [-0.25, -0.2) is 0 Å². The molecule has 0 aromatic carbocycles. The van der Waals surface area contributed by atoms with Gasteiger partial charge in [-0.2, -0.15) is 0 Å². The van der Waals surface area contributed by atoms with Crippen molar-refractivity contribution in [1.29, 1.82) is 0 Å². The Morgan fingerprint density at radius 3 is 1.67 bits per heavy atom. The summed E-state index contributed by atoms with van der Waals surface area (Å²) in [6.45, 7) is 16.9. The van der Waals surface area contributed by atoms with Gasteiger partial charge in [0, 0.05) is 18.8 Å². The van der Waals surface area contributed by atoms with Crippen LogP contribution in [0, 0.1) is 5.92 Å². The Kier molecular flexibility index (Phi) is 13.0. The molecule has 0 radical (unpaired) electrons. The van der Waals surface area contributed by atoms with E-state index in [2.05, 4.69) is 85.9 Å². The van der Waals surface area contributed by atoms with Crippen LogP contribution in [-0.2, 0) is 0 Å². The second-order valence-corrected chi connectivity index (χ2v) is 10.2. The van der Waals surface area contributed by atoms with Crippen molar-refractivity contribution in [1.82, 2.24) is 0 Å². The number of rotatable bonds is 14. The van der Waals surface area contributed by atoms with Gasteiger partial charge in [-0.15, -0.1) is 0 Å². The number of hydrogen-bond acceptors (Lipinski definition) is 0. The Labute approximate surface area is 188 Å². The molecule has 1 saturated carbocycles. The molecule has 1 heteroatoms. The molecule has 0 heterocycles. The molecule has 0 bridgehead atoms. The monoisotopic (exact) mass is 412 g/mol. The van der Waals surface area contributed by atoms with Gasteiger partial charge in [0.15, 0.2) is 0 Å². The Morgan fingerprint density at radius 1 is 0.667 bits per heavy atom. The SMILES string of the molecule is CC(C)=CCC/C(C)=C/CC/C(C)=C/C1CC1[NH+](C)CC/C=C(\C)CCC=C(C)C. The van der Waals surface area contributed by atoms with E-state index >= 15 is 0 Å². The summed E-state index contributed by atoms with van der Waals surface area (Å²) in [5.41, 5.74) is 7.53. The lowest BCUT2D eigenvalue weighted by Gasteiger charge is -2.13. The molecule has 0 aliphatic heterocycles. The second-order valence-electron chi connectivity index (χ2n) is 10.2. The van der Waals surface area contributed by atoms with E-state index in [4.69, 9.17) is 0 Å². The fraction of sp³-hybridized carbons (Fsp3) is 0.655. The van der Waals surface area contributed by atoms with Gasteiger partial charge in [-0.3, -0.25) is 0 Å². The highest BCUT2D eigenvalue weighted by Crippen LogP contribution is 2.31. The van der Waals surface area contributed by atoms with E-state index in [0.717, 1.165) is 12.0 Å². The van der Waals surface area contributed by atoms with Crippen molar-refractivity contribution in [2.45, 2.75) is 106 Å². The number of allylic oxidation sites excluding steroid dienone is 8. The van der Waals surface area contributed by atoms with Crippen molar-refractivity contribution in [3.63, 3.8) is 0 Å². The van der Waals surface area contributed by atoms with Crippen LogP contribution in [0.25, 0.3) is 0 Å². The smallest absolute Gasteiger partial charge is 0.0946 e. The third kappa shape index (κ3) is 13.1. The lowest BCUT2D eigenvalue weighted by molar-refractivity contribution is -0.892. The molecule has 1 fully saturated rings. The molecule has 0 aromatic rings. The van der Waals surface area contributed by atoms with Gasteiger partial charge < -0.3 is 4.90 Å². The molecule has 1 aliphatic carbocycles. The van der Waals surface area contributed by atoms with Crippen molar-refractivity contribution in [3.05, 3.63) is 58.2 Å². The topological polar surface area (TPSA) is 4.44 Å². The van der Waals surface area contributed by atoms with Gasteiger partial charge in [0.2, 0.25) is 0 Å². The first-order valence-corrected chi connectivity index (χ1v) is 12.3. The normalized spacial score (nSPS) is 20.7. The lowest BCUT2D eigenvalue weighted by atomic mass is 10.1. The van der Waals surface area contributed by atoms with Crippen molar-refractivity contribution in [2.75, 3.05) is 13.6 Å². The molecule has 170 valence electrons. The summed E-state index contributed by atoms with van der Waals surface area (Å²) in [5, 5.41) is 0. The van der Waals surface area contributed by atoms with E-state index in [1.807, 2.05) is 0 Å². The molecule has 3 unspecified atom stereocenters. The van der Waals surface area contributed by atoms with Crippen LogP contribution in [0.5, 0.6) is 0 Å². The molecule has 0 aromatic heterocycles. The van der Waals surface area contributed by atoms with Crippen molar-refractivity contribution in [3.8, 4) is 0 Å². The molecular formula is C29H50N+.